The standard InChI is InChI=1S/C17H17NO4S/c1-11-7-9-13(10-8-11)23(21,22)15-14(17(15,18)16(19)20)12-5-3-2-4-6-12/h2-10,14-15H,18H2,1H3,(H,19,20)/t14-,15-,17-/m0/s1. The van der Waals surface area contributed by atoms with Crippen molar-refractivity contribution >= 4 is 15.8 Å². The average molecular weight is 331 g/mol. The highest BCUT2D eigenvalue weighted by Gasteiger charge is 2.74. The van der Waals surface area contributed by atoms with Gasteiger partial charge < -0.3 is 10.8 Å². The molecule has 0 aromatic heterocycles. The zero-order valence-electron chi connectivity index (χ0n) is 12.5. The second-order valence-electron chi connectivity index (χ2n) is 5.91. The molecule has 2 aromatic rings. The van der Waals surface area contributed by atoms with E-state index < -0.39 is 32.5 Å². The number of benzene rings is 2. The van der Waals surface area contributed by atoms with Crippen LogP contribution in [0.2, 0.25) is 0 Å². The monoisotopic (exact) mass is 331 g/mol. The van der Waals surface area contributed by atoms with E-state index in [4.69, 9.17) is 5.73 Å². The smallest absolute Gasteiger partial charge is 0.325 e. The molecule has 1 aliphatic rings. The van der Waals surface area contributed by atoms with Gasteiger partial charge in [-0.25, -0.2) is 8.42 Å². The first kappa shape index (κ1) is 15.7. The van der Waals surface area contributed by atoms with E-state index in [2.05, 4.69) is 0 Å². The van der Waals surface area contributed by atoms with Gasteiger partial charge in [-0.05, 0) is 24.6 Å². The zero-order chi connectivity index (χ0) is 16.8. The Bertz CT molecular complexity index is 846. The summed E-state index contributed by atoms with van der Waals surface area (Å²) >= 11 is 0. The molecule has 0 radical (unpaired) electrons. The van der Waals surface area contributed by atoms with Gasteiger partial charge in [0.1, 0.15) is 10.8 Å². The second kappa shape index (κ2) is 5.18. The predicted molar refractivity (Wildman–Crippen MR) is 85.9 cm³/mol. The Morgan fingerprint density at radius 2 is 1.65 bits per heavy atom. The first-order chi connectivity index (χ1) is 10.8. The summed E-state index contributed by atoms with van der Waals surface area (Å²) in [6.45, 7) is 1.85. The third-order valence-electron chi connectivity index (χ3n) is 4.39. The lowest BCUT2D eigenvalue weighted by atomic mass is 10.1. The van der Waals surface area contributed by atoms with Crippen LogP contribution in [0.5, 0.6) is 0 Å². The molecule has 3 atom stereocenters. The van der Waals surface area contributed by atoms with Gasteiger partial charge in [0.25, 0.3) is 0 Å². The summed E-state index contributed by atoms with van der Waals surface area (Å²) in [6, 6.07) is 15.0. The van der Waals surface area contributed by atoms with Crippen molar-refractivity contribution in [2.24, 2.45) is 5.73 Å². The van der Waals surface area contributed by atoms with Gasteiger partial charge in [0.15, 0.2) is 9.84 Å². The van der Waals surface area contributed by atoms with Crippen molar-refractivity contribution in [1.82, 2.24) is 0 Å². The third-order valence-corrected chi connectivity index (χ3v) is 6.65. The Morgan fingerprint density at radius 3 is 2.17 bits per heavy atom. The molecular formula is C17H17NO4S. The van der Waals surface area contributed by atoms with Gasteiger partial charge in [0.05, 0.1) is 4.90 Å². The van der Waals surface area contributed by atoms with Crippen LogP contribution in [-0.4, -0.2) is 30.3 Å². The summed E-state index contributed by atoms with van der Waals surface area (Å²) < 4.78 is 25.7. The van der Waals surface area contributed by atoms with E-state index in [1.54, 1.807) is 42.5 Å². The van der Waals surface area contributed by atoms with Crippen LogP contribution < -0.4 is 5.73 Å². The summed E-state index contributed by atoms with van der Waals surface area (Å²) in [5.74, 6) is -2.06. The molecule has 0 spiro atoms. The van der Waals surface area contributed by atoms with Crippen molar-refractivity contribution in [2.45, 2.75) is 28.5 Å². The lowest BCUT2D eigenvalue weighted by Gasteiger charge is -2.07. The van der Waals surface area contributed by atoms with Crippen molar-refractivity contribution in [3.8, 4) is 0 Å². The van der Waals surface area contributed by atoms with Crippen LogP contribution in [-0.2, 0) is 14.6 Å². The Balaban J connectivity index is 2.07. The van der Waals surface area contributed by atoms with Crippen molar-refractivity contribution in [3.05, 3.63) is 65.7 Å². The van der Waals surface area contributed by atoms with Crippen LogP contribution in [0.25, 0.3) is 0 Å². The molecule has 120 valence electrons. The summed E-state index contributed by atoms with van der Waals surface area (Å²) in [5, 5.41) is 8.31. The first-order valence-electron chi connectivity index (χ1n) is 7.17. The molecule has 0 heterocycles. The summed E-state index contributed by atoms with van der Waals surface area (Å²) in [7, 11) is -3.84. The quantitative estimate of drug-likeness (QED) is 0.889. The number of aliphatic carboxylic acids is 1. The number of hydrogen-bond donors (Lipinski definition) is 2. The molecule has 2 aromatic carbocycles. The van der Waals surface area contributed by atoms with E-state index >= 15 is 0 Å². The highest BCUT2D eigenvalue weighted by atomic mass is 32.2. The normalized spacial score (nSPS) is 26.7. The lowest BCUT2D eigenvalue weighted by molar-refractivity contribution is -0.139. The second-order valence-corrected chi connectivity index (χ2v) is 7.97. The van der Waals surface area contributed by atoms with Crippen LogP contribution in [0.15, 0.2) is 59.5 Å². The van der Waals surface area contributed by atoms with Crippen molar-refractivity contribution in [3.63, 3.8) is 0 Å². The minimum atomic E-state index is -3.84. The number of carbonyl (C=O) groups is 1. The number of nitrogens with two attached hydrogens (primary N) is 1. The van der Waals surface area contributed by atoms with Gasteiger partial charge in [-0.15, -0.1) is 0 Å². The molecule has 6 heteroatoms. The average Bonchev–Trinajstić information content (AvgIpc) is 3.17. The molecule has 3 N–H and O–H groups in total. The van der Waals surface area contributed by atoms with Crippen LogP contribution in [0.4, 0.5) is 0 Å². The van der Waals surface area contributed by atoms with E-state index in [1.165, 1.54) is 12.1 Å². The molecule has 1 saturated carbocycles. The van der Waals surface area contributed by atoms with Gasteiger partial charge in [-0.3, -0.25) is 4.79 Å². The maximum Gasteiger partial charge on any atom is 0.325 e. The van der Waals surface area contributed by atoms with E-state index in [0.717, 1.165) is 5.56 Å². The fourth-order valence-electron chi connectivity index (χ4n) is 3.05. The Hall–Kier alpha value is -2.18. The Morgan fingerprint density at radius 1 is 1.09 bits per heavy atom. The van der Waals surface area contributed by atoms with Gasteiger partial charge >= 0.3 is 5.97 Å². The molecule has 0 amide bonds. The van der Waals surface area contributed by atoms with Gasteiger partial charge in [-0.1, -0.05) is 48.0 Å². The number of aryl methyl sites for hydroxylation is 1. The molecule has 0 unspecified atom stereocenters. The van der Waals surface area contributed by atoms with Crippen molar-refractivity contribution < 1.29 is 18.3 Å². The SMILES string of the molecule is Cc1ccc(S(=O)(=O)[C@H]2[C@H](c3ccccc3)[C@@]2(N)C(=O)O)cc1. The molecule has 3 rings (SSSR count). The van der Waals surface area contributed by atoms with Crippen molar-refractivity contribution in [2.75, 3.05) is 0 Å². The topological polar surface area (TPSA) is 97.5 Å². The lowest BCUT2D eigenvalue weighted by Crippen LogP contribution is -2.39. The number of carboxylic acids is 1. The summed E-state index contributed by atoms with van der Waals surface area (Å²) in [6.07, 6.45) is 0. The fourth-order valence-corrected chi connectivity index (χ4v) is 5.28. The molecule has 1 aliphatic carbocycles. The first-order valence-corrected chi connectivity index (χ1v) is 8.72. The minimum Gasteiger partial charge on any atom is -0.480 e. The predicted octanol–water partition coefficient (Wildman–Crippen LogP) is 1.72. The molecular weight excluding hydrogens is 314 g/mol. The van der Waals surface area contributed by atoms with E-state index in [9.17, 15) is 18.3 Å². The highest BCUT2D eigenvalue weighted by molar-refractivity contribution is 7.92. The molecule has 1 fully saturated rings. The number of carboxylic acid groups (broad SMARTS) is 1. The molecule has 0 aliphatic heterocycles. The van der Waals surface area contributed by atoms with E-state index in [0.29, 0.717) is 5.56 Å². The third kappa shape index (κ3) is 2.34. The number of hydrogen-bond acceptors (Lipinski definition) is 4. The Kier molecular flexibility index (Phi) is 3.54. The fraction of sp³-hybridized carbons (Fsp3) is 0.235. The maximum absolute atomic E-state index is 12.9. The number of rotatable bonds is 4. The van der Waals surface area contributed by atoms with Crippen LogP contribution in [0.1, 0.15) is 17.0 Å². The van der Waals surface area contributed by atoms with Crippen LogP contribution in [0.3, 0.4) is 0 Å². The molecule has 5 nitrogen and oxygen atoms in total. The van der Waals surface area contributed by atoms with Gasteiger partial charge in [-0.2, -0.15) is 0 Å². The Labute approximate surface area is 134 Å². The van der Waals surface area contributed by atoms with Crippen LogP contribution in [0, 0.1) is 6.92 Å². The maximum atomic E-state index is 12.9. The highest BCUT2D eigenvalue weighted by Crippen LogP contribution is 2.55. The largest absolute Gasteiger partial charge is 0.480 e. The van der Waals surface area contributed by atoms with E-state index in [1.807, 2.05) is 6.92 Å². The summed E-state index contributed by atoms with van der Waals surface area (Å²) in [5.41, 5.74) is 5.73. The molecule has 0 saturated heterocycles. The van der Waals surface area contributed by atoms with Gasteiger partial charge in [0, 0.05) is 5.92 Å². The number of sulfone groups is 1. The zero-order valence-corrected chi connectivity index (χ0v) is 13.3. The van der Waals surface area contributed by atoms with Gasteiger partial charge in [0.2, 0.25) is 0 Å². The minimum absolute atomic E-state index is 0.0996. The van der Waals surface area contributed by atoms with E-state index in [-0.39, 0.29) is 4.90 Å². The molecule has 23 heavy (non-hydrogen) atoms. The van der Waals surface area contributed by atoms with Crippen LogP contribution >= 0.6 is 0 Å². The molecule has 0 bridgehead atoms. The van der Waals surface area contributed by atoms with Crippen molar-refractivity contribution in [1.29, 1.82) is 0 Å². The summed E-state index contributed by atoms with van der Waals surface area (Å²) in [4.78, 5) is 11.7.